The minimum Gasteiger partial charge on any atom is -0.337 e. The molecule has 0 saturated carbocycles. The van der Waals surface area contributed by atoms with Crippen molar-refractivity contribution in [3.8, 4) is 0 Å². The molecule has 1 aromatic rings. The van der Waals surface area contributed by atoms with Crippen molar-refractivity contribution in [2.45, 2.75) is 103 Å². The van der Waals surface area contributed by atoms with Crippen LogP contribution in [0.4, 0.5) is 0 Å². The molecule has 0 aliphatic heterocycles. The topological polar surface area (TPSA) is 17.8 Å². The van der Waals surface area contributed by atoms with Crippen LogP contribution in [0.5, 0.6) is 0 Å². The van der Waals surface area contributed by atoms with Gasteiger partial charge in [-0.15, -0.1) is 0 Å². The lowest BCUT2D eigenvalue weighted by Crippen LogP contribution is -2.06. The summed E-state index contributed by atoms with van der Waals surface area (Å²) in [5.41, 5.74) is 0. The molecule has 0 N–H and O–H groups in total. The fourth-order valence-corrected chi connectivity index (χ4v) is 4.34. The normalized spacial score (nSPS) is 12.6. The molecule has 23 heavy (non-hydrogen) atoms. The van der Waals surface area contributed by atoms with E-state index in [0.29, 0.717) is 0 Å². The second-order valence-electron chi connectivity index (χ2n) is 6.70. The Morgan fingerprint density at radius 3 is 2.26 bits per heavy atom. The van der Waals surface area contributed by atoms with E-state index in [2.05, 4.69) is 41.4 Å². The summed E-state index contributed by atoms with van der Waals surface area (Å²) in [6, 6.07) is 0. The van der Waals surface area contributed by atoms with Crippen LogP contribution in [0.1, 0.15) is 90.9 Å². The van der Waals surface area contributed by atoms with Gasteiger partial charge in [-0.2, -0.15) is 11.8 Å². The Bertz CT molecular complexity index is 337. The van der Waals surface area contributed by atoms with Gasteiger partial charge in [-0.05, 0) is 31.4 Å². The Balaban J connectivity index is 2.05. The van der Waals surface area contributed by atoms with Crippen LogP contribution >= 0.6 is 11.8 Å². The van der Waals surface area contributed by atoms with E-state index in [4.69, 9.17) is 0 Å². The maximum absolute atomic E-state index is 4.12. The summed E-state index contributed by atoms with van der Waals surface area (Å²) in [7, 11) is 0. The lowest BCUT2D eigenvalue weighted by molar-refractivity contribution is 0.566. The molecule has 0 bridgehead atoms. The molecule has 0 aliphatic rings. The highest BCUT2D eigenvalue weighted by atomic mass is 32.2. The van der Waals surface area contributed by atoms with Gasteiger partial charge in [-0.3, -0.25) is 0 Å². The van der Waals surface area contributed by atoms with Crippen molar-refractivity contribution < 1.29 is 0 Å². The van der Waals surface area contributed by atoms with Crippen molar-refractivity contribution in [2.75, 3.05) is 5.75 Å². The summed E-state index contributed by atoms with van der Waals surface area (Å²) in [5.74, 6) is 1.37. The molecule has 0 spiro atoms. The number of rotatable bonds is 16. The number of aryl methyl sites for hydroxylation is 1. The lowest BCUT2D eigenvalue weighted by Gasteiger charge is -2.16. The Morgan fingerprint density at radius 1 is 0.870 bits per heavy atom. The summed E-state index contributed by atoms with van der Waals surface area (Å²) in [5, 5.41) is 0.874. The number of imidazole rings is 1. The molecule has 0 amide bonds. The molecule has 0 fully saturated rings. The number of nitrogens with zero attached hydrogens (tertiary/aromatic N) is 2. The van der Waals surface area contributed by atoms with Crippen molar-refractivity contribution in [1.29, 1.82) is 0 Å². The van der Waals surface area contributed by atoms with Crippen LogP contribution in [0.15, 0.2) is 18.7 Å². The van der Waals surface area contributed by atoms with Gasteiger partial charge in [-0.25, -0.2) is 4.98 Å². The highest BCUT2D eigenvalue weighted by molar-refractivity contribution is 7.99. The number of aromatic nitrogens is 2. The van der Waals surface area contributed by atoms with Crippen molar-refractivity contribution >= 4 is 11.8 Å². The third-order valence-electron chi connectivity index (χ3n) is 4.48. The molecule has 1 aromatic heterocycles. The minimum atomic E-state index is 0.874. The summed E-state index contributed by atoms with van der Waals surface area (Å²) in [6.45, 7) is 5.73. The zero-order chi connectivity index (χ0) is 16.6. The second kappa shape index (κ2) is 15.1. The molecule has 0 aromatic carbocycles. The highest BCUT2D eigenvalue weighted by Crippen LogP contribution is 2.24. The van der Waals surface area contributed by atoms with Crippen LogP contribution in [0.3, 0.4) is 0 Å². The molecule has 1 rings (SSSR count). The van der Waals surface area contributed by atoms with Gasteiger partial charge in [0.15, 0.2) is 0 Å². The smallest absolute Gasteiger partial charge is 0.0945 e. The van der Waals surface area contributed by atoms with E-state index in [9.17, 15) is 0 Å². The van der Waals surface area contributed by atoms with E-state index >= 15 is 0 Å². The Hall–Kier alpha value is -0.440. The van der Waals surface area contributed by atoms with Crippen LogP contribution in [0.2, 0.25) is 0 Å². The van der Waals surface area contributed by atoms with Crippen LogP contribution in [0, 0.1) is 0 Å². The Kier molecular flexibility index (Phi) is 13.5. The second-order valence-corrected chi connectivity index (χ2v) is 8.11. The average Bonchev–Trinajstić information content (AvgIpc) is 3.07. The van der Waals surface area contributed by atoms with Crippen LogP contribution < -0.4 is 0 Å². The van der Waals surface area contributed by atoms with Gasteiger partial charge in [0.1, 0.15) is 0 Å². The fraction of sp³-hybridized carbons (Fsp3) is 0.850. The van der Waals surface area contributed by atoms with E-state index in [-0.39, 0.29) is 0 Å². The van der Waals surface area contributed by atoms with E-state index in [1.54, 1.807) is 0 Å². The molecule has 0 saturated heterocycles. The van der Waals surface area contributed by atoms with Gasteiger partial charge in [-0.1, -0.05) is 65.2 Å². The van der Waals surface area contributed by atoms with Crippen molar-refractivity contribution in [3.63, 3.8) is 0 Å². The molecule has 0 radical (unpaired) electrons. The first-order valence-electron chi connectivity index (χ1n) is 9.94. The van der Waals surface area contributed by atoms with Crippen LogP contribution in [-0.2, 0) is 6.54 Å². The maximum Gasteiger partial charge on any atom is 0.0945 e. The number of unbranched alkanes of at least 4 members (excludes halogenated alkanes) is 7. The van der Waals surface area contributed by atoms with Gasteiger partial charge < -0.3 is 4.57 Å². The van der Waals surface area contributed by atoms with Crippen molar-refractivity contribution in [2.24, 2.45) is 0 Å². The highest BCUT2D eigenvalue weighted by Gasteiger charge is 2.08. The zero-order valence-electron chi connectivity index (χ0n) is 15.5. The number of hydrogen-bond acceptors (Lipinski definition) is 2. The van der Waals surface area contributed by atoms with Gasteiger partial charge in [0.25, 0.3) is 0 Å². The zero-order valence-corrected chi connectivity index (χ0v) is 16.3. The fourth-order valence-electron chi connectivity index (χ4n) is 2.97. The molecule has 0 aliphatic carbocycles. The maximum atomic E-state index is 4.12. The van der Waals surface area contributed by atoms with E-state index in [1.807, 2.05) is 12.5 Å². The quantitative estimate of drug-likeness (QED) is 0.312. The lowest BCUT2D eigenvalue weighted by atomic mass is 10.1. The number of thioether (sulfide) groups is 1. The average molecular weight is 339 g/mol. The van der Waals surface area contributed by atoms with Crippen molar-refractivity contribution in [1.82, 2.24) is 9.55 Å². The van der Waals surface area contributed by atoms with Crippen LogP contribution in [0.25, 0.3) is 0 Å². The summed E-state index contributed by atoms with van der Waals surface area (Å²) < 4.78 is 2.21. The van der Waals surface area contributed by atoms with E-state index in [1.165, 1.54) is 82.8 Å². The molecule has 134 valence electrons. The third kappa shape index (κ3) is 11.7. The molecule has 2 nitrogen and oxygen atoms in total. The molecule has 1 unspecified atom stereocenters. The first-order valence-corrected chi connectivity index (χ1v) is 11.0. The van der Waals surface area contributed by atoms with Gasteiger partial charge in [0.2, 0.25) is 0 Å². The minimum absolute atomic E-state index is 0.874. The van der Waals surface area contributed by atoms with Gasteiger partial charge in [0, 0.05) is 24.2 Å². The molecule has 3 heteroatoms. The third-order valence-corrected chi connectivity index (χ3v) is 5.95. The molecular weight excluding hydrogens is 300 g/mol. The number of hydrogen-bond donors (Lipinski definition) is 0. The first-order chi connectivity index (χ1) is 11.4. The summed E-state index contributed by atoms with van der Waals surface area (Å²) in [4.78, 5) is 4.12. The van der Waals surface area contributed by atoms with Crippen LogP contribution in [-0.4, -0.2) is 20.6 Å². The SMILES string of the molecule is CCCCCCCCCSC(CCCC)CCCn1ccnc1. The largest absolute Gasteiger partial charge is 0.337 e. The van der Waals surface area contributed by atoms with Gasteiger partial charge in [0.05, 0.1) is 6.33 Å². The molecule has 1 atom stereocenters. The van der Waals surface area contributed by atoms with Gasteiger partial charge >= 0.3 is 0 Å². The Morgan fingerprint density at radius 2 is 1.57 bits per heavy atom. The first kappa shape index (κ1) is 20.6. The molecular formula is C20H38N2S. The van der Waals surface area contributed by atoms with Crippen molar-refractivity contribution in [3.05, 3.63) is 18.7 Å². The molecule has 1 heterocycles. The van der Waals surface area contributed by atoms with E-state index in [0.717, 1.165) is 11.8 Å². The predicted octanol–water partition coefficient (Wildman–Crippen LogP) is 6.71. The monoisotopic (exact) mass is 338 g/mol. The predicted molar refractivity (Wildman–Crippen MR) is 105 cm³/mol. The van der Waals surface area contributed by atoms with E-state index < -0.39 is 0 Å². The summed E-state index contributed by atoms with van der Waals surface area (Å²) >= 11 is 2.24. The summed E-state index contributed by atoms with van der Waals surface area (Å²) in [6.07, 6.45) is 22.6. The standard InChI is InChI=1S/C20H38N2S/c1-3-5-7-8-9-10-11-18-23-20(13-6-4-2)14-12-16-22-17-15-21-19-22/h15,17,19-20H,3-14,16,18H2,1-2H3. The Labute approximate surface area is 148 Å².